The van der Waals surface area contributed by atoms with Crippen LogP contribution in [0.15, 0.2) is 66.7 Å². The maximum Gasteiger partial charge on any atom is 0.335 e. The zero-order valence-corrected chi connectivity index (χ0v) is 10.2. The van der Waals surface area contributed by atoms with Gasteiger partial charge in [0.15, 0.2) is 0 Å². The van der Waals surface area contributed by atoms with Gasteiger partial charge in [0.05, 0.1) is 5.56 Å². The Morgan fingerprint density at radius 3 is 2.21 bits per heavy atom. The number of carbonyl (C=O) groups is 1. The number of hydrogen-bond donors (Lipinski definition) is 1. The van der Waals surface area contributed by atoms with Crippen molar-refractivity contribution in [1.29, 1.82) is 0 Å². The monoisotopic (exact) mass is 248 g/mol. The smallest absolute Gasteiger partial charge is 0.335 e. The highest BCUT2D eigenvalue weighted by atomic mass is 16.4. The molecule has 0 aliphatic rings. The molecule has 0 amide bonds. The Bertz CT molecular complexity index is 746. The summed E-state index contributed by atoms with van der Waals surface area (Å²) in [7, 11) is 0. The lowest BCUT2D eigenvalue weighted by Gasteiger charge is -2.05. The summed E-state index contributed by atoms with van der Waals surface area (Å²) in [5.41, 5.74) is 2.54. The highest BCUT2D eigenvalue weighted by Crippen LogP contribution is 2.25. The molecule has 3 aromatic rings. The third-order valence-electron chi connectivity index (χ3n) is 3.19. The second kappa shape index (κ2) is 4.58. The summed E-state index contributed by atoms with van der Waals surface area (Å²) in [6.07, 6.45) is 0. The lowest BCUT2D eigenvalue weighted by Crippen LogP contribution is -1.95. The zero-order chi connectivity index (χ0) is 13.2. The highest BCUT2D eigenvalue weighted by Gasteiger charge is 2.04. The van der Waals surface area contributed by atoms with Crippen molar-refractivity contribution >= 4 is 16.7 Å². The highest BCUT2D eigenvalue weighted by molar-refractivity contribution is 5.95. The van der Waals surface area contributed by atoms with Crippen LogP contribution < -0.4 is 0 Å². The van der Waals surface area contributed by atoms with E-state index in [4.69, 9.17) is 5.11 Å². The largest absolute Gasteiger partial charge is 0.478 e. The molecule has 0 saturated heterocycles. The van der Waals surface area contributed by atoms with Gasteiger partial charge < -0.3 is 5.11 Å². The van der Waals surface area contributed by atoms with Gasteiger partial charge in [-0.25, -0.2) is 4.79 Å². The molecule has 3 aromatic carbocycles. The lowest BCUT2D eigenvalue weighted by molar-refractivity contribution is 0.0697. The molecule has 1 N–H and O–H groups in total. The lowest BCUT2D eigenvalue weighted by atomic mass is 10.00. The topological polar surface area (TPSA) is 37.3 Å². The van der Waals surface area contributed by atoms with Gasteiger partial charge >= 0.3 is 5.97 Å². The molecule has 0 aliphatic carbocycles. The average Bonchev–Trinajstić information content (AvgIpc) is 2.47. The first-order valence-electron chi connectivity index (χ1n) is 6.06. The number of carboxylic acids is 1. The van der Waals surface area contributed by atoms with E-state index >= 15 is 0 Å². The van der Waals surface area contributed by atoms with Crippen molar-refractivity contribution in [3.63, 3.8) is 0 Å². The molecule has 0 atom stereocenters. The first-order chi connectivity index (χ1) is 9.24. The van der Waals surface area contributed by atoms with Gasteiger partial charge in [-0.2, -0.15) is 0 Å². The molecule has 0 heterocycles. The van der Waals surface area contributed by atoms with Crippen LogP contribution in [0.2, 0.25) is 0 Å². The molecule has 0 fully saturated rings. The van der Waals surface area contributed by atoms with Crippen LogP contribution in [0.1, 0.15) is 10.4 Å². The minimum absolute atomic E-state index is 0.317. The SMILES string of the molecule is O=C(O)c1ccc2ccc(-c3ccccc3)cc2c1. The van der Waals surface area contributed by atoms with E-state index in [0.29, 0.717) is 5.56 Å². The molecule has 0 saturated carbocycles. The summed E-state index contributed by atoms with van der Waals surface area (Å²) in [5.74, 6) is -0.896. The van der Waals surface area contributed by atoms with E-state index in [0.717, 1.165) is 21.9 Å². The van der Waals surface area contributed by atoms with Crippen LogP contribution in [0.5, 0.6) is 0 Å². The van der Waals surface area contributed by atoms with Crippen molar-refractivity contribution in [1.82, 2.24) is 0 Å². The number of fused-ring (bicyclic) bond motifs is 1. The van der Waals surface area contributed by atoms with Gasteiger partial charge in [0, 0.05) is 0 Å². The van der Waals surface area contributed by atoms with Crippen molar-refractivity contribution < 1.29 is 9.90 Å². The number of benzene rings is 3. The Balaban J connectivity index is 2.16. The standard InChI is InChI=1S/C17H12O2/c18-17(19)15-9-7-13-6-8-14(10-16(13)11-15)12-4-2-1-3-5-12/h1-11H,(H,18,19). The van der Waals surface area contributed by atoms with E-state index in [-0.39, 0.29) is 0 Å². The third-order valence-corrected chi connectivity index (χ3v) is 3.19. The maximum absolute atomic E-state index is 11.0. The maximum atomic E-state index is 11.0. The predicted molar refractivity (Wildman–Crippen MR) is 76.3 cm³/mol. The molecule has 3 rings (SSSR count). The van der Waals surface area contributed by atoms with Crippen LogP contribution in [-0.2, 0) is 0 Å². The van der Waals surface area contributed by atoms with Crippen LogP contribution in [0, 0.1) is 0 Å². The molecular formula is C17H12O2. The number of rotatable bonds is 2. The summed E-state index contributed by atoms with van der Waals surface area (Å²) >= 11 is 0. The third kappa shape index (κ3) is 2.20. The summed E-state index contributed by atoms with van der Waals surface area (Å²) in [4.78, 5) is 11.0. The van der Waals surface area contributed by atoms with Crippen molar-refractivity contribution in [3.8, 4) is 11.1 Å². The number of carboxylic acid groups (broad SMARTS) is 1. The van der Waals surface area contributed by atoms with E-state index in [1.54, 1.807) is 12.1 Å². The first kappa shape index (κ1) is 11.5. The quantitative estimate of drug-likeness (QED) is 0.737. The minimum atomic E-state index is -0.896. The number of aromatic carboxylic acids is 1. The van der Waals surface area contributed by atoms with Gasteiger partial charge in [-0.1, -0.05) is 48.5 Å². The Kier molecular flexibility index (Phi) is 2.76. The fourth-order valence-electron chi connectivity index (χ4n) is 2.19. The molecular weight excluding hydrogens is 236 g/mol. The van der Waals surface area contributed by atoms with Gasteiger partial charge in [-0.3, -0.25) is 0 Å². The first-order valence-corrected chi connectivity index (χ1v) is 6.06. The molecule has 0 aliphatic heterocycles. The van der Waals surface area contributed by atoms with E-state index in [2.05, 4.69) is 6.07 Å². The predicted octanol–water partition coefficient (Wildman–Crippen LogP) is 4.21. The van der Waals surface area contributed by atoms with Gasteiger partial charge in [0.1, 0.15) is 0 Å². The Labute approximate surface area is 110 Å². The second-order valence-corrected chi connectivity index (χ2v) is 4.45. The van der Waals surface area contributed by atoms with Crippen molar-refractivity contribution in [2.24, 2.45) is 0 Å². The van der Waals surface area contributed by atoms with Crippen LogP contribution >= 0.6 is 0 Å². The van der Waals surface area contributed by atoms with E-state index in [1.807, 2.05) is 48.5 Å². The second-order valence-electron chi connectivity index (χ2n) is 4.45. The normalized spacial score (nSPS) is 10.5. The Morgan fingerprint density at radius 1 is 0.737 bits per heavy atom. The Morgan fingerprint density at radius 2 is 1.47 bits per heavy atom. The molecule has 0 unspecified atom stereocenters. The molecule has 0 bridgehead atoms. The van der Waals surface area contributed by atoms with Crippen molar-refractivity contribution in [2.75, 3.05) is 0 Å². The van der Waals surface area contributed by atoms with E-state index < -0.39 is 5.97 Å². The van der Waals surface area contributed by atoms with Crippen LogP contribution in [0.25, 0.3) is 21.9 Å². The number of hydrogen-bond acceptors (Lipinski definition) is 1. The Hall–Kier alpha value is -2.61. The van der Waals surface area contributed by atoms with E-state index in [9.17, 15) is 4.79 Å². The molecule has 0 radical (unpaired) electrons. The van der Waals surface area contributed by atoms with Gasteiger partial charge in [0.25, 0.3) is 0 Å². The fraction of sp³-hybridized carbons (Fsp3) is 0. The summed E-state index contributed by atoms with van der Waals surface area (Å²) in [5, 5.41) is 11.0. The van der Waals surface area contributed by atoms with Gasteiger partial charge in [-0.15, -0.1) is 0 Å². The minimum Gasteiger partial charge on any atom is -0.478 e. The molecule has 2 heteroatoms. The van der Waals surface area contributed by atoms with Crippen LogP contribution in [0.3, 0.4) is 0 Å². The van der Waals surface area contributed by atoms with Gasteiger partial charge in [-0.05, 0) is 40.1 Å². The molecule has 0 spiro atoms. The summed E-state index contributed by atoms with van der Waals surface area (Å²) in [6, 6.07) is 21.3. The molecule has 2 nitrogen and oxygen atoms in total. The summed E-state index contributed by atoms with van der Waals surface area (Å²) < 4.78 is 0. The zero-order valence-electron chi connectivity index (χ0n) is 10.2. The molecule has 0 aromatic heterocycles. The summed E-state index contributed by atoms with van der Waals surface area (Å²) in [6.45, 7) is 0. The fourth-order valence-corrected chi connectivity index (χ4v) is 2.19. The van der Waals surface area contributed by atoms with Gasteiger partial charge in [0.2, 0.25) is 0 Å². The van der Waals surface area contributed by atoms with Crippen molar-refractivity contribution in [2.45, 2.75) is 0 Å². The van der Waals surface area contributed by atoms with Crippen LogP contribution in [0.4, 0.5) is 0 Å². The van der Waals surface area contributed by atoms with Crippen LogP contribution in [-0.4, -0.2) is 11.1 Å². The molecule has 19 heavy (non-hydrogen) atoms. The van der Waals surface area contributed by atoms with Crippen molar-refractivity contribution in [3.05, 3.63) is 72.3 Å². The molecule has 92 valence electrons. The van der Waals surface area contributed by atoms with E-state index in [1.165, 1.54) is 0 Å². The average molecular weight is 248 g/mol.